The Balaban J connectivity index is 1.99. The second kappa shape index (κ2) is 6.47. The summed E-state index contributed by atoms with van der Waals surface area (Å²) in [7, 11) is 0. The Hall–Kier alpha value is -1.46. The van der Waals surface area contributed by atoms with Crippen LogP contribution in [0.5, 0.6) is 0 Å². The monoisotopic (exact) mass is 263 g/mol. The van der Waals surface area contributed by atoms with Gasteiger partial charge in [-0.05, 0) is 11.4 Å². The Kier molecular flexibility index (Phi) is 4.66. The fraction of sp³-hybridized carbons (Fsp3) is 0.385. The van der Waals surface area contributed by atoms with E-state index >= 15 is 0 Å². The minimum atomic E-state index is 0.664. The quantitative estimate of drug-likeness (QED) is 0.720. The summed E-state index contributed by atoms with van der Waals surface area (Å²) in [5, 5.41) is 6.00. The van der Waals surface area contributed by atoms with Gasteiger partial charge in [-0.1, -0.05) is 24.2 Å². The van der Waals surface area contributed by atoms with Crippen molar-refractivity contribution in [1.29, 1.82) is 0 Å². The molecule has 0 amide bonds. The van der Waals surface area contributed by atoms with E-state index in [-0.39, 0.29) is 0 Å². The molecule has 96 valence electrons. The Morgan fingerprint density at radius 1 is 1.50 bits per heavy atom. The zero-order valence-electron chi connectivity index (χ0n) is 10.5. The van der Waals surface area contributed by atoms with E-state index in [0.29, 0.717) is 12.4 Å². The number of hydrogen-bond acceptors (Lipinski definition) is 5. The van der Waals surface area contributed by atoms with Crippen molar-refractivity contribution in [3.8, 4) is 0 Å². The Morgan fingerprint density at radius 2 is 2.39 bits per heavy atom. The highest BCUT2D eigenvalue weighted by atomic mass is 32.1. The molecule has 2 aromatic heterocycles. The van der Waals surface area contributed by atoms with Gasteiger partial charge in [0.05, 0.1) is 6.54 Å². The van der Waals surface area contributed by atoms with Crippen LogP contribution in [-0.2, 0) is 19.5 Å². The summed E-state index contributed by atoms with van der Waals surface area (Å²) in [6.07, 6.45) is 2.70. The molecule has 0 aromatic carbocycles. The lowest BCUT2D eigenvalue weighted by molar-refractivity contribution is 0.240. The Labute approximate surface area is 111 Å². The van der Waals surface area contributed by atoms with Crippen LogP contribution in [0.1, 0.15) is 23.5 Å². The van der Waals surface area contributed by atoms with Gasteiger partial charge in [0.25, 0.3) is 0 Å². The number of thiophene rings is 1. The first-order valence-electron chi connectivity index (χ1n) is 5.99. The van der Waals surface area contributed by atoms with Gasteiger partial charge in [0.1, 0.15) is 0 Å². The van der Waals surface area contributed by atoms with Gasteiger partial charge in [-0.2, -0.15) is 4.98 Å². The molecule has 2 rings (SSSR count). The Bertz CT molecular complexity index is 478. The largest absolute Gasteiger partial charge is 0.338 e. The third-order valence-electron chi connectivity index (χ3n) is 2.53. The molecule has 0 fully saturated rings. The van der Waals surface area contributed by atoms with Crippen LogP contribution in [-0.4, -0.2) is 21.6 Å². The molecular formula is C13H17N3OS. The van der Waals surface area contributed by atoms with Crippen LogP contribution >= 0.6 is 11.3 Å². The second-order valence-corrected chi connectivity index (χ2v) is 5.03. The number of aromatic nitrogens is 2. The van der Waals surface area contributed by atoms with Crippen LogP contribution in [0, 0.1) is 0 Å². The van der Waals surface area contributed by atoms with Crippen molar-refractivity contribution in [3.63, 3.8) is 0 Å². The van der Waals surface area contributed by atoms with E-state index < -0.39 is 0 Å². The second-order valence-electron chi connectivity index (χ2n) is 4.00. The number of aryl methyl sites for hydroxylation is 1. The summed E-state index contributed by atoms with van der Waals surface area (Å²) in [4.78, 5) is 7.88. The van der Waals surface area contributed by atoms with Gasteiger partial charge in [-0.15, -0.1) is 17.9 Å². The maximum atomic E-state index is 5.22. The Morgan fingerprint density at radius 3 is 3.00 bits per heavy atom. The zero-order valence-corrected chi connectivity index (χ0v) is 11.3. The van der Waals surface area contributed by atoms with Crippen LogP contribution in [0.4, 0.5) is 0 Å². The number of nitrogens with zero attached hydrogens (tertiary/aromatic N) is 3. The summed E-state index contributed by atoms with van der Waals surface area (Å²) in [5.41, 5.74) is 0. The predicted molar refractivity (Wildman–Crippen MR) is 72.3 cm³/mol. The standard InChI is InChI=1S/C13H17N3OS/c1-3-7-16(9-11-6-5-8-18-11)10-13-14-12(4-2)15-17-13/h3,5-6,8H,1,4,7,9-10H2,2H3. The van der Waals surface area contributed by atoms with Gasteiger partial charge in [-0.25, -0.2) is 0 Å². The van der Waals surface area contributed by atoms with E-state index in [4.69, 9.17) is 4.52 Å². The van der Waals surface area contributed by atoms with Crippen molar-refractivity contribution < 1.29 is 4.52 Å². The molecule has 0 atom stereocenters. The molecule has 0 bridgehead atoms. The molecule has 0 N–H and O–H groups in total. The first kappa shape index (κ1) is 13.0. The lowest BCUT2D eigenvalue weighted by Crippen LogP contribution is -2.22. The molecule has 0 saturated carbocycles. The smallest absolute Gasteiger partial charge is 0.240 e. The van der Waals surface area contributed by atoms with Gasteiger partial charge >= 0.3 is 0 Å². The molecule has 5 heteroatoms. The molecule has 0 aliphatic rings. The molecule has 0 aliphatic heterocycles. The molecule has 0 radical (unpaired) electrons. The molecule has 0 spiro atoms. The highest BCUT2D eigenvalue weighted by Gasteiger charge is 2.11. The van der Waals surface area contributed by atoms with E-state index in [1.165, 1.54) is 4.88 Å². The van der Waals surface area contributed by atoms with Gasteiger partial charge in [0, 0.05) is 24.4 Å². The molecule has 0 saturated heterocycles. The lowest BCUT2D eigenvalue weighted by atomic mass is 10.4. The fourth-order valence-electron chi connectivity index (χ4n) is 1.68. The molecule has 2 heterocycles. The average molecular weight is 263 g/mol. The minimum absolute atomic E-state index is 0.664. The first-order valence-corrected chi connectivity index (χ1v) is 6.87. The van der Waals surface area contributed by atoms with Gasteiger partial charge in [0.2, 0.25) is 5.89 Å². The fourth-order valence-corrected chi connectivity index (χ4v) is 2.43. The predicted octanol–water partition coefficient (Wildman–Crippen LogP) is 2.88. The van der Waals surface area contributed by atoms with Crippen LogP contribution in [0.2, 0.25) is 0 Å². The number of rotatable bonds is 7. The third-order valence-corrected chi connectivity index (χ3v) is 3.39. The zero-order chi connectivity index (χ0) is 12.8. The molecule has 2 aromatic rings. The molecule has 0 aliphatic carbocycles. The summed E-state index contributed by atoms with van der Waals surface area (Å²) < 4.78 is 5.22. The normalized spacial score (nSPS) is 11.0. The van der Waals surface area contributed by atoms with Gasteiger partial charge in [-0.3, -0.25) is 4.90 Å². The van der Waals surface area contributed by atoms with Crippen LogP contribution < -0.4 is 0 Å². The van der Waals surface area contributed by atoms with E-state index in [1.807, 2.05) is 13.0 Å². The summed E-state index contributed by atoms with van der Waals surface area (Å²) >= 11 is 1.75. The lowest BCUT2D eigenvalue weighted by Gasteiger charge is -2.17. The molecule has 0 unspecified atom stereocenters. The summed E-state index contributed by atoms with van der Waals surface area (Å²) in [6.45, 7) is 8.16. The van der Waals surface area contributed by atoms with Crippen LogP contribution in [0.25, 0.3) is 0 Å². The van der Waals surface area contributed by atoms with Crippen molar-refractivity contribution >= 4 is 11.3 Å². The minimum Gasteiger partial charge on any atom is -0.338 e. The van der Waals surface area contributed by atoms with Gasteiger partial charge < -0.3 is 4.52 Å². The molecular weight excluding hydrogens is 246 g/mol. The van der Waals surface area contributed by atoms with Crippen molar-refractivity contribution in [2.45, 2.75) is 26.4 Å². The van der Waals surface area contributed by atoms with E-state index in [0.717, 1.165) is 25.3 Å². The van der Waals surface area contributed by atoms with Crippen molar-refractivity contribution in [2.24, 2.45) is 0 Å². The highest BCUT2D eigenvalue weighted by Crippen LogP contribution is 2.13. The van der Waals surface area contributed by atoms with Gasteiger partial charge in [0.15, 0.2) is 5.82 Å². The summed E-state index contributed by atoms with van der Waals surface area (Å²) in [5.74, 6) is 1.44. The van der Waals surface area contributed by atoms with E-state index in [1.54, 1.807) is 11.3 Å². The van der Waals surface area contributed by atoms with Crippen LogP contribution in [0.3, 0.4) is 0 Å². The first-order chi connectivity index (χ1) is 8.81. The van der Waals surface area contributed by atoms with E-state index in [9.17, 15) is 0 Å². The van der Waals surface area contributed by atoms with E-state index in [2.05, 4.69) is 39.1 Å². The SMILES string of the molecule is C=CCN(Cc1nc(CC)no1)Cc1cccs1. The third kappa shape index (κ3) is 3.51. The van der Waals surface area contributed by atoms with Crippen molar-refractivity contribution in [2.75, 3.05) is 6.54 Å². The van der Waals surface area contributed by atoms with Crippen molar-refractivity contribution in [3.05, 3.63) is 46.8 Å². The highest BCUT2D eigenvalue weighted by molar-refractivity contribution is 7.09. The summed E-state index contributed by atoms with van der Waals surface area (Å²) in [6, 6.07) is 4.19. The molecule has 18 heavy (non-hydrogen) atoms. The maximum absolute atomic E-state index is 5.22. The topological polar surface area (TPSA) is 42.2 Å². The number of hydrogen-bond donors (Lipinski definition) is 0. The van der Waals surface area contributed by atoms with Crippen LogP contribution in [0.15, 0.2) is 34.7 Å². The average Bonchev–Trinajstić information content (AvgIpc) is 3.00. The maximum Gasteiger partial charge on any atom is 0.240 e. The molecule has 4 nitrogen and oxygen atoms in total. The van der Waals surface area contributed by atoms with Crippen molar-refractivity contribution in [1.82, 2.24) is 15.0 Å².